The molecule has 0 atom stereocenters. The minimum atomic E-state index is 0.901. The summed E-state index contributed by atoms with van der Waals surface area (Å²) >= 11 is 0. The molecule has 4 heteroatoms. The van der Waals surface area contributed by atoms with Gasteiger partial charge in [-0.1, -0.05) is 109 Å². The van der Waals surface area contributed by atoms with Crippen molar-refractivity contribution in [2.24, 2.45) is 0 Å². The molecule has 0 unspecified atom stereocenters. The van der Waals surface area contributed by atoms with Crippen LogP contribution in [-0.2, 0) is 0 Å². The maximum atomic E-state index is 4.94. The summed E-state index contributed by atoms with van der Waals surface area (Å²) in [7, 11) is 0. The van der Waals surface area contributed by atoms with Crippen molar-refractivity contribution in [3.63, 3.8) is 0 Å². The molecule has 0 spiro atoms. The van der Waals surface area contributed by atoms with E-state index in [2.05, 4.69) is 179 Å². The number of hydrogen-bond donors (Lipinski definition) is 0. The molecule has 52 heavy (non-hydrogen) atoms. The van der Waals surface area contributed by atoms with Crippen molar-refractivity contribution < 1.29 is 0 Å². The van der Waals surface area contributed by atoms with E-state index in [1.807, 2.05) is 12.4 Å². The predicted octanol–water partition coefficient (Wildman–Crippen LogP) is 12.3. The maximum absolute atomic E-state index is 4.94. The first-order chi connectivity index (χ1) is 25.8. The second kappa shape index (κ2) is 11.2. The van der Waals surface area contributed by atoms with E-state index in [0.717, 1.165) is 55.4 Å². The Labute approximate surface area is 299 Å². The van der Waals surface area contributed by atoms with Gasteiger partial charge in [0.1, 0.15) is 0 Å². The Kier molecular flexibility index (Phi) is 6.22. The first kappa shape index (κ1) is 28.8. The Bertz CT molecular complexity index is 2880. The third-order valence-corrected chi connectivity index (χ3v) is 10.6. The van der Waals surface area contributed by atoms with Crippen LogP contribution in [0.3, 0.4) is 0 Å². The first-order valence-corrected chi connectivity index (χ1v) is 17.7. The van der Waals surface area contributed by atoms with E-state index >= 15 is 0 Å². The van der Waals surface area contributed by atoms with Gasteiger partial charge < -0.3 is 9.13 Å². The van der Waals surface area contributed by atoms with Crippen LogP contribution in [0.4, 0.5) is 0 Å². The smallest absolute Gasteiger partial charge is 0.0970 e. The van der Waals surface area contributed by atoms with Crippen LogP contribution in [0.25, 0.3) is 99.0 Å². The molecule has 0 fully saturated rings. The monoisotopic (exact) mass is 662 g/mol. The standard InChI is InChI=1S/C48H30N4/c1-5-19-43-37(15-1)38-16-2-6-20-44(38)51(43)33-13-9-11-31(29-33)35-25-27-49-47-41(35)23-24-42-36(26-28-50-48(42)47)32-12-10-14-34(30-32)52-45-21-7-3-17-39(45)40-18-4-8-22-46(40)52/h1-30H. The van der Waals surface area contributed by atoms with Crippen molar-refractivity contribution >= 4 is 65.4 Å². The number of pyridine rings is 2. The highest BCUT2D eigenvalue weighted by Crippen LogP contribution is 2.38. The molecule has 11 rings (SSSR count). The zero-order valence-corrected chi connectivity index (χ0v) is 28.1. The normalized spacial score (nSPS) is 11.8. The van der Waals surface area contributed by atoms with Crippen molar-refractivity contribution in [2.45, 2.75) is 0 Å². The minimum Gasteiger partial charge on any atom is -0.309 e. The van der Waals surface area contributed by atoms with Gasteiger partial charge in [0.05, 0.1) is 33.1 Å². The average Bonchev–Trinajstić information content (AvgIpc) is 3.74. The van der Waals surface area contributed by atoms with E-state index in [1.54, 1.807) is 0 Å². The van der Waals surface area contributed by atoms with Crippen LogP contribution in [0.15, 0.2) is 182 Å². The van der Waals surface area contributed by atoms with E-state index in [1.165, 1.54) is 43.6 Å². The van der Waals surface area contributed by atoms with Crippen molar-refractivity contribution in [2.75, 3.05) is 0 Å². The van der Waals surface area contributed by atoms with E-state index < -0.39 is 0 Å². The fourth-order valence-electron chi connectivity index (χ4n) is 8.36. The van der Waals surface area contributed by atoms with Crippen molar-refractivity contribution in [3.05, 3.63) is 182 Å². The van der Waals surface area contributed by atoms with E-state index in [-0.39, 0.29) is 0 Å². The van der Waals surface area contributed by atoms with Gasteiger partial charge in [-0.05, 0) is 82.9 Å². The predicted molar refractivity (Wildman–Crippen MR) is 217 cm³/mol. The van der Waals surface area contributed by atoms with Crippen LogP contribution < -0.4 is 0 Å². The van der Waals surface area contributed by atoms with Gasteiger partial charge in [-0.2, -0.15) is 0 Å². The molecule has 0 aliphatic heterocycles. The summed E-state index contributed by atoms with van der Waals surface area (Å²) in [6.07, 6.45) is 3.84. The molecule has 0 aliphatic rings. The molecule has 0 saturated carbocycles. The molecule has 0 bridgehead atoms. The van der Waals surface area contributed by atoms with Gasteiger partial charge in [0, 0.05) is 56.1 Å². The van der Waals surface area contributed by atoms with E-state index in [9.17, 15) is 0 Å². The highest BCUT2D eigenvalue weighted by Gasteiger charge is 2.16. The Hall–Kier alpha value is -7.04. The molecular weight excluding hydrogens is 633 g/mol. The highest BCUT2D eigenvalue weighted by molar-refractivity contribution is 6.13. The number of aromatic nitrogens is 4. The number of hydrogen-bond acceptors (Lipinski definition) is 2. The molecule has 0 radical (unpaired) electrons. The Morgan fingerprint density at radius 1 is 0.308 bits per heavy atom. The van der Waals surface area contributed by atoms with Crippen LogP contribution in [0.1, 0.15) is 0 Å². The summed E-state index contributed by atoms with van der Waals surface area (Å²) in [5, 5.41) is 7.19. The maximum Gasteiger partial charge on any atom is 0.0970 e. The fourth-order valence-corrected chi connectivity index (χ4v) is 8.36. The van der Waals surface area contributed by atoms with Crippen LogP contribution >= 0.6 is 0 Å². The van der Waals surface area contributed by atoms with E-state index in [4.69, 9.17) is 9.97 Å². The molecule has 0 N–H and O–H groups in total. The lowest BCUT2D eigenvalue weighted by Crippen LogP contribution is -1.95. The molecule has 4 nitrogen and oxygen atoms in total. The Morgan fingerprint density at radius 2 is 0.673 bits per heavy atom. The lowest BCUT2D eigenvalue weighted by molar-refractivity contribution is 1.18. The largest absolute Gasteiger partial charge is 0.309 e. The van der Waals surface area contributed by atoms with Crippen molar-refractivity contribution in [1.82, 2.24) is 19.1 Å². The SMILES string of the molecule is c1cc(-c2ccnc3c2ccc2c(-c4cccc(-n5c6ccccc6c6ccccc65)c4)ccnc23)cc(-n2c3ccccc3c3ccccc32)c1. The third kappa shape index (κ3) is 4.21. The summed E-state index contributed by atoms with van der Waals surface area (Å²) in [6, 6.07) is 61.0. The van der Waals surface area contributed by atoms with Gasteiger partial charge >= 0.3 is 0 Å². The summed E-state index contributed by atoms with van der Waals surface area (Å²) < 4.78 is 4.74. The third-order valence-electron chi connectivity index (χ3n) is 10.6. The molecule has 0 saturated heterocycles. The first-order valence-electron chi connectivity index (χ1n) is 17.7. The number of nitrogens with zero attached hydrogens (tertiary/aromatic N) is 4. The Balaban J connectivity index is 1.05. The second-order valence-corrected chi connectivity index (χ2v) is 13.4. The molecule has 0 aliphatic carbocycles. The molecule has 7 aromatic carbocycles. The number of rotatable bonds is 4. The zero-order chi connectivity index (χ0) is 34.2. The number of fused-ring (bicyclic) bond motifs is 9. The van der Waals surface area contributed by atoms with Crippen LogP contribution in [0, 0.1) is 0 Å². The van der Waals surface area contributed by atoms with Crippen molar-refractivity contribution in [1.29, 1.82) is 0 Å². The van der Waals surface area contributed by atoms with Crippen LogP contribution in [0.2, 0.25) is 0 Å². The number of para-hydroxylation sites is 4. The lowest BCUT2D eigenvalue weighted by atomic mass is 9.96. The summed E-state index contributed by atoms with van der Waals surface area (Å²) in [5.74, 6) is 0. The summed E-state index contributed by atoms with van der Waals surface area (Å²) in [4.78, 5) is 9.88. The molecular formula is C48H30N4. The average molecular weight is 663 g/mol. The molecule has 4 aromatic heterocycles. The fraction of sp³-hybridized carbons (Fsp3) is 0. The van der Waals surface area contributed by atoms with Gasteiger partial charge in [0.2, 0.25) is 0 Å². The quantitative estimate of drug-likeness (QED) is 0.176. The van der Waals surface area contributed by atoms with Crippen LogP contribution in [0.5, 0.6) is 0 Å². The molecule has 0 amide bonds. The van der Waals surface area contributed by atoms with E-state index in [0.29, 0.717) is 0 Å². The van der Waals surface area contributed by atoms with Gasteiger partial charge in [0.15, 0.2) is 0 Å². The molecule has 11 aromatic rings. The van der Waals surface area contributed by atoms with Gasteiger partial charge in [0.25, 0.3) is 0 Å². The van der Waals surface area contributed by atoms with Gasteiger partial charge in [-0.15, -0.1) is 0 Å². The van der Waals surface area contributed by atoms with Crippen molar-refractivity contribution in [3.8, 4) is 33.6 Å². The van der Waals surface area contributed by atoms with Gasteiger partial charge in [-0.25, -0.2) is 0 Å². The van der Waals surface area contributed by atoms with Crippen LogP contribution in [-0.4, -0.2) is 19.1 Å². The lowest BCUT2D eigenvalue weighted by Gasteiger charge is -2.14. The summed E-state index contributed by atoms with van der Waals surface area (Å²) in [6.45, 7) is 0. The molecule has 4 heterocycles. The zero-order valence-electron chi connectivity index (χ0n) is 28.1. The second-order valence-electron chi connectivity index (χ2n) is 13.4. The molecule has 242 valence electrons. The topological polar surface area (TPSA) is 35.6 Å². The highest BCUT2D eigenvalue weighted by atomic mass is 15.0. The summed E-state index contributed by atoms with van der Waals surface area (Å²) in [5.41, 5.74) is 13.4. The Morgan fingerprint density at radius 3 is 1.06 bits per heavy atom. The van der Waals surface area contributed by atoms with Gasteiger partial charge in [-0.3, -0.25) is 9.97 Å². The number of benzene rings is 7. The minimum absolute atomic E-state index is 0.901.